The number of Topliss-reactive ketones (excluding diaryl/α,β-unsaturated/α-hetero) is 1. The van der Waals surface area contributed by atoms with E-state index in [2.05, 4.69) is 0 Å². The van der Waals surface area contributed by atoms with Gasteiger partial charge < -0.3 is 5.11 Å². The average Bonchev–Trinajstić information content (AvgIpc) is 2.15. The van der Waals surface area contributed by atoms with Crippen molar-refractivity contribution < 1.29 is 32.3 Å². The number of carbonyl (C=O) groups excluding carboxylic acids is 1. The Hall–Kier alpha value is -1.92. The predicted molar refractivity (Wildman–Crippen MR) is 47.7 cm³/mol. The number of alkyl halides is 3. The summed E-state index contributed by atoms with van der Waals surface area (Å²) in [6.45, 7) is 0. The highest BCUT2D eigenvalue weighted by Gasteiger charge is 2.31. The van der Waals surface area contributed by atoms with Crippen LogP contribution in [-0.4, -0.2) is 16.9 Å². The summed E-state index contributed by atoms with van der Waals surface area (Å²) in [6, 6.07) is 1.51. The summed E-state index contributed by atoms with van der Waals surface area (Å²) in [4.78, 5) is 21.0. The van der Waals surface area contributed by atoms with Crippen LogP contribution in [0.25, 0.3) is 0 Å². The molecule has 0 heterocycles. The number of ketones is 1. The summed E-state index contributed by atoms with van der Waals surface area (Å²) < 4.78 is 49.7. The Bertz CT molecular complexity index is 465. The molecule has 0 unspecified atom stereocenters. The zero-order chi connectivity index (χ0) is 13.2. The fraction of sp³-hybridized carbons (Fsp3) is 0.200. The molecule has 0 saturated heterocycles. The molecule has 0 bridgehead atoms. The zero-order valence-electron chi connectivity index (χ0n) is 8.21. The third-order valence-corrected chi connectivity index (χ3v) is 1.89. The van der Waals surface area contributed by atoms with E-state index >= 15 is 0 Å². The van der Waals surface area contributed by atoms with Gasteiger partial charge in [-0.3, -0.25) is 4.79 Å². The molecule has 0 aliphatic heterocycles. The molecule has 0 saturated carbocycles. The van der Waals surface area contributed by atoms with Crippen molar-refractivity contribution in [2.75, 3.05) is 0 Å². The molecule has 0 fully saturated rings. The van der Waals surface area contributed by atoms with Crippen molar-refractivity contribution in [3.8, 4) is 0 Å². The van der Waals surface area contributed by atoms with Gasteiger partial charge in [0.15, 0.2) is 0 Å². The molecule has 92 valence electrons. The minimum absolute atomic E-state index is 0.273. The Morgan fingerprint density at radius 3 is 2.24 bits per heavy atom. The second kappa shape index (κ2) is 4.52. The zero-order valence-corrected chi connectivity index (χ0v) is 8.21. The highest BCUT2D eigenvalue weighted by atomic mass is 19.4. The van der Waals surface area contributed by atoms with Crippen LogP contribution in [-0.2, 0) is 22.2 Å². The minimum atomic E-state index is -4.75. The quantitative estimate of drug-likeness (QED) is 0.659. The molecule has 0 aliphatic rings. The fourth-order valence-electron chi connectivity index (χ4n) is 1.18. The molecule has 0 atom stereocenters. The van der Waals surface area contributed by atoms with E-state index in [9.17, 15) is 27.2 Å². The van der Waals surface area contributed by atoms with Crippen LogP contribution in [0.1, 0.15) is 11.1 Å². The van der Waals surface area contributed by atoms with Crippen molar-refractivity contribution in [3.05, 3.63) is 35.1 Å². The van der Waals surface area contributed by atoms with E-state index in [-0.39, 0.29) is 11.6 Å². The van der Waals surface area contributed by atoms with Crippen molar-refractivity contribution in [2.24, 2.45) is 0 Å². The number of benzene rings is 1. The van der Waals surface area contributed by atoms with Gasteiger partial charge in [0.25, 0.3) is 0 Å². The van der Waals surface area contributed by atoms with Crippen LogP contribution in [0, 0.1) is 5.82 Å². The maximum atomic E-state index is 12.9. The number of carboxylic acid groups (broad SMARTS) is 1. The minimum Gasteiger partial charge on any atom is -0.475 e. The fourth-order valence-corrected chi connectivity index (χ4v) is 1.18. The van der Waals surface area contributed by atoms with Crippen LogP contribution in [0.15, 0.2) is 18.2 Å². The summed E-state index contributed by atoms with van der Waals surface area (Å²) in [5.41, 5.74) is -1.59. The number of aliphatic carboxylic acids is 1. The van der Waals surface area contributed by atoms with Crippen molar-refractivity contribution in [2.45, 2.75) is 12.6 Å². The van der Waals surface area contributed by atoms with E-state index in [1.165, 1.54) is 0 Å². The molecule has 7 heteroatoms. The van der Waals surface area contributed by atoms with Gasteiger partial charge in [-0.15, -0.1) is 0 Å². The first-order valence-electron chi connectivity index (χ1n) is 4.33. The monoisotopic (exact) mass is 250 g/mol. The molecular formula is C10H6F4O3. The predicted octanol–water partition coefficient (Wildman–Crippen LogP) is 2.04. The van der Waals surface area contributed by atoms with Gasteiger partial charge in [0, 0.05) is 6.42 Å². The van der Waals surface area contributed by atoms with Crippen LogP contribution in [0.4, 0.5) is 17.6 Å². The second-order valence-corrected chi connectivity index (χ2v) is 3.25. The molecule has 3 nitrogen and oxygen atoms in total. The smallest absolute Gasteiger partial charge is 0.416 e. The van der Waals surface area contributed by atoms with E-state index < -0.39 is 35.7 Å². The number of hydrogen-bond donors (Lipinski definition) is 1. The van der Waals surface area contributed by atoms with E-state index in [4.69, 9.17) is 5.11 Å². The number of rotatable bonds is 3. The van der Waals surface area contributed by atoms with Gasteiger partial charge in [-0.05, 0) is 23.8 Å². The lowest BCUT2D eigenvalue weighted by atomic mass is 10.1. The number of hydrogen-bond acceptors (Lipinski definition) is 2. The second-order valence-electron chi connectivity index (χ2n) is 3.25. The molecule has 0 spiro atoms. The van der Waals surface area contributed by atoms with Crippen LogP contribution < -0.4 is 0 Å². The van der Waals surface area contributed by atoms with E-state index in [1.807, 2.05) is 0 Å². The van der Waals surface area contributed by atoms with Gasteiger partial charge in [-0.25, -0.2) is 9.18 Å². The van der Waals surface area contributed by atoms with Crippen LogP contribution in [0.3, 0.4) is 0 Å². The van der Waals surface area contributed by atoms with Gasteiger partial charge in [0.05, 0.1) is 5.56 Å². The van der Waals surface area contributed by atoms with E-state index in [0.717, 1.165) is 0 Å². The summed E-state index contributed by atoms with van der Waals surface area (Å²) in [5, 5.41) is 8.28. The first kappa shape index (κ1) is 13.1. The Balaban J connectivity index is 3.06. The molecule has 0 aliphatic carbocycles. The maximum absolute atomic E-state index is 12.9. The van der Waals surface area contributed by atoms with Gasteiger partial charge in [-0.2, -0.15) is 13.2 Å². The number of carboxylic acids is 1. The summed E-state index contributed by atoms with van der Waals surface area (Å²) in [7, 11) is 0. The van der Waals surface area contributed by atoms with Crippen molar-refractivity contribution in [3.63, 3.8) is 0 Å². The number of halogens is 4. The molecule has 1 rings (SSSR count). The Morgan fingerprint density at radius 2 is 1.76 bits per heavy atom. The van der Waals surface area contributed by atoms with Crippen molar-refractivity contribution in [1.82, 2.24) is 0 Å². The highest BCUT2D eigenvalue weighted by molar-refractivity contribution is 6.33. The van der Waals surface area contributed by atoms with Crippen LogP contribution >= 0.6 is 0 Å². The average molecular weight is 250 g/mol. The van der Waals surface area contributed by atoms with Gasteiger partial charge in [0.1, 0.15) is 5.82 Å². The molecule has 0 aromatic heterocycles. The van der Waals surface area contributed by atoms with E-state index in [1.54, 1.807) is 0 Å². The third-order valence-electron chi connectivity index (χ3n) is 1.89. The first-order chi connectivity index (χ1) is 7.70. The lowest BCUT2D eigenvalue weighted by Crippen LogP contribution is -2.16. The third kappa shape index (κ3) is 3.54. The van der Waals surface area contributed by atoms with Crippen LogP contribution in [0.2, 0.25) is 0 Å². The molecule has 1 aromatic carbocycles. The summed E-state index contributed by atoms with van der Waals surface area (Å²) in [6.07, 6.45) is -5.53. The maximum Gasteiger partial charge on any atom is 0.416 e. The van der Waals surface area contributed by atoms with Crippen LogP contribution in [0.5, 0.6) is 0 Å². The largest absolute Gasteiger partial charge is 0.475 e. The molecule has 1 aromatic rings. The van der Waals surface area contributed by atoms with Crippen molar-refractivity contribution in [1.29, 1.82) is 0 Å². The van der Waals surface area contributed by atoms with Gasteiger partial charge >= 0.3 is 12.1 Å². The standard InChI is InChI=1S/C10H6F4O3/c11-7-2-5(3-8(15)9(16)17)1-6(4-7)10(12,13)14/h1-2,4H,3H2,(H,16,17). The Labute approximate surface area is 92.7 Å². The molecular weight excluding hydrogens is 244 g/mol. The number of carbonyl (C=O) groups is 2. The van der Waals surface area contributed by atoms with Crippen molar-refractivity contribution >= 4 is 11.8 Å². The lowest BCUT2D eigenvalue weighted by Gasteiger charge is -2.08. The van der Waals surface area contributed by atoms with Gasteiger partial charge in [-0.1, -0.05) is 0 Å². The SMILES string of the molecule is O=C(O)C(=O)Cc1cc(F)cc(C(F)(F)F)c1. The molecule has 1 N–H and O–H groups in total. The molecule has 0 amide bonds. The summed E-state index contributed by atoms with van der Waals surface area (Å²) in [5.74, 6) is -4.25. The topological polar surface area (TPSA) is 54.4 Å². The first-order valence-corrected chi connectivity index (χ1v) is 4.33. The van der Waals surface area contributed by atoms with E-state index in [0.29, 0.717) is 12.1 Å². The highest BCUT2D eigenvalue weighted by Crippen LogP contribution is 2.30. The molecule has 0 radical (unpaired) electrons. The summed E-state index contributed by atoms with van der Waals surface area (Å²) >= 11 is 0. The lowest BCUT2D eigenvalue weighted by molar-refractivity contribution is -0.148. The Kier molecular flexibility index (Phi) is 3.50. The normalized spacial score (nSPS) is 11.3. The molecule has 17 heavy (non-hydrogen) atoms. The Morgan fingerprint density at radius 1 is 1.18 bits per heavy atom. The van der Waals surface area contributed by atoms with Gasteiger partial charge in [0.2, 0.25) is 5.78 Å².